The van der Waals surface area contributed by atoms with Gasteiger partial charge in [0.15, 0.2) is 18.1 Å². The number of nitrogens with zero attached hydrogens (tertiary/aromatic N) is 1. The van der Waals surface area contributed by atoms with Gasteiger partial charge in [0.1, 0.15) is 0 Å². The van der Waals surface area contributed by atoms with E-state index in [2.05, 4.69) is 4.99 Å². The highest BCUT2D eigenvalue weighted by atomic mass is 16.5. The van der Waals surface area contributed by atoms with Gasteiger partial charge in [-0.05, 0) is 24.6 Å². The average molecular weight is 221 g/mol. The van der Waals surface area contributed by atoms with E-state index in [1.54, 1.807) is 12.1 Å². The van der Waals surface area contributed by atoms with Crippen molar-refractivity contribution in [2.45, 2.75) is 6.92 Å². The van der Waals surface area contributed by atoms with Gasteiger partial charge in [0.25, 0.3) is 5.91 Å². The maximum Gasteiger partial charge on any atom is 0.294 e. The number of hydrogen-bond acceptors (Lipinski definition) is 4. The number of methoxy groups -OCH3 is 1. The number of hydrogen-bond donors (Lipinski definition) is 0. The van der Waals surface area contributed by atoms with Crippen LogP contribution < -0.4 is 9.47 Å². The van der Waals surface area contributed by atoms with E-state index in [0.29, 0.717) is 11.5 Å². The lowest BCUT2D eigenvalue weighted by molar-refractivity contribution is -0.119. The molecule has 1 amide bonds. The van der Waals surface area contributed by atoms with Crippen molar-refractivity contribution in [3.05, 3.63) is 23.8 Å². The summed E-state index contributed by atoms with van der Waals surface area (Å²) in [5, 5.41) is 0. The van der Waals surface area contributed by atoms with Crippen molar-refractivity contribution in [2.75, 3.05) is 13.7 Å². The number of ether oxygens (including phenoxy) is 2. The van der Waals surface area contributed by atoms with Crippen molar-refractivity contribution in [3.63, 3.8) is 0 Å². The maximum atomic E-state index is 10.9. The lowest BCUT2D eigenvalue weighted by Crippen LogP contribution is -2.08. The molecular weight excluding hydrogens is 210 g/mol. The highest BCUT2D eigenvalue weighted by molar-refractivity contribution is 5.82. The fraction of sp³-hybridized carbons (Fsp3) is 0.273. The van der Waals surface area contributed by atoms with E-state index in [9.17, 15) is 9.59 Å². The Hall–Kier alpha value is -2.13. The molecule has 84 valence electrons. The van der Waals surface area contributed by atoms with Gasteiger partial charge in [-0.1, -0.05) is 6.07 Å². The van der Waals surface area contributed by atoms with Gasteiger partial charge >= 0.3 is 0 Å². The first-order valence-electron chi connectivity index (χ1n) is 4.55. The summed E-state index contributed by atoms with van der Waals surface area (Å²) in [6.45, 7) is 1.60. The smallest absolute Gasteiger partial charge is 0.294 e. The first kappa shape index (κ1) is 11.9. The Morgan fingerprint density at radius 2 is 2.19 bits per heavy atom. The SMILES string of the molecule is COc1cc(C)ccc1OCC(=O)N=C=O. The molecule has 1 rings (SSSR count). The summed E-state index contributed by atoms with van der Waals surface area (Å²) in [5.41, 5.74) is 1.02. The van der Waals surface area contributed by atoms with Gasteiger partial charge in [-0.2, -0.15) is 0 Å². The number of aryl methyl sites for hydroxylation is 1. The van der Waals surface area contributed by atoms with Crippen molar-refractivity contribution in [1.29, 1.82) is 0 Å². The molecule has 0 atom stereocenters. The number of carbonyl (C=O) groups excluding carboxylic acids is 2. The number of isocyanates is 1. The Kier molecular flexibility index (Phi) is 4.24. The van der Waals surface area contributed by atoms with Gasteiger partial charge < -0.3 is 9.47 Å². The van der Waals surface area contributed by atoms with E-state index >= 15 is 0 Å². The standard InChI is InChI=1S/C11H11NO4/c1-8-3-4-9(10(5-8)15-2)16-6-11(14)12-7-13/h3-5H,6H2,1-2H3. The summed E-state index contributed by atoms with van der Waals surface area (Å²) in [4.78, 5) is 23.6. The maximum absolute atomic E-state index is 10.9. The van der Waals surface area contributed by atoms with Crippen LogP contribution in [0.5, 0.6) is 11.5 Å². The Labute approximate surface area is 92.7 Å². The number of rotatable bonds is 4. The highest BCUT2D eigenvalue weighted by Crippen LogP contribution is 2.27. The van der Waals surface area contributed by atoms with Crippen molar-refractivity contribution in [1.82, 2.24) is 0 Å². The molecule has 0 aliphatic heterocycles. The molecule has 5 nitrogen and oxygen atoms in total. The van der Waals surface area contributed by atoms with Crippen LogP contribution >= 0.6 is 0 Å². The summed E-state index contributed by atoms with van der Waals surface area (Å²) in [6.07, 6.45) is 1.16. The number of aliphatic imine (C=N–C) groups is 1. The van der Waals surface area contributed by atoms with Crippen LogP contribution in [0.15, 0.2) is 23.2 Å². The lowest BCUT2D eigenvalue weighted by Gasteiger charge is -2.09. The van der Waals surface area contributed by atoms with Crippen LogP contribution in [0.1, 0.15) is 5.56 Å². The predicted octanol–water partition coefficient (Wildman–Crippen LogP) is 1.24. The van der Waals surface area contributed by atoms with E-state index in [0.717, 1.165) is 11.6 Å². The van der Waals surface area contributed by atoms with Crippen LogP contribution in [0.4, 0.5) is 0 Å². The van der Waals surface area contributed by atoms with Crippen LogP contribution in [0.2, 0.25) is 0 Å². The molecule has 0 radical (unpaired) electrons. The highest BCUT2D eigenvalue weighted by Gasteiger charge is 2.06. The summed E-state index contributed by atoms with van der Waals surface area (Å²) in [5.74, 6) is 0.281. The van der Waals surface area contributed by atoms with Crippen molar-refractivity contribution in [3.8, 4) is 11.5 Å². The molecule has 0 N–H and O–H groups in total. The molecule has 0 aliphatic rings. The summed E-state index contributed by atoms with van der Waals surface area (Å²) >= 11 is 0. The Balaban J connectivity index is 2.73. The Morgan fingerprint density at radius 3 is 2.81 bits per heavy atom. The zero-order valence-electron chi connectivity index (χ0n) is 9.02. The third kappa shape index (κ3) is 3.22. The molecule has 0 saturated heterocycles. The quantitative estimate of drug-likeness (QED) is 0.566. The summed E-state index contributed by atoms with van der Waals surface area (Å²) < 4.78 is 10.2. The van der Waals surface area contributed by atoms with Gasteiger partial charge in [0, 0.05) is 0 Å². The van der Waals surface area contributed by atoms with Gasteiger partial charge in [-0.3, -0.25) is 4.79 Å². The van der Waals surface area contributed by atoms with E-state index in [1.165, 1.54) is 7.11 Å². The molecule has 5 heteroatoms. The Morgan fingerprint density at radius 1 is 1.44 bits per heavy atom. The fourth-order valence-electron chi connectivity index (χ4n) is 1.12. The zero-order valence-corrected chi connectivity index (χ0v) is 9.02. The molecule has 1 aromatic carbocycles. The number of carbonyl (C=O) groups is 1. The zero-order chi connectivity index (χ0) is 12.0. The molecular formula is C11H11NO4. The van der Waals surface area contributed by atoms with E-state index in [-0.39, 0.29) is 6.61 Å². The monoisotopic (exact) mass is 221 g/mol. The van der Waals surface area contributed by atoms with Crippen molar-refractivity contribution in [2.24, 2.45) is 4.99 Å². The third-order valence-electron chi connectivity index (χ3n) is 1.84. The first-order chi connectivity index (χ1) is 7.67. The fourth-order valence-corrected chi connectivity index (χ4v) is 1.12. The van der Waals surface area contributed by atoms with E-state index in [1.807, 2.05) is 13.0 Å². The first-order valence-corrected chi connectivity index (χ1v) is 4.55. The average Bonchev–Trinajstić information content (AvgIpc) is 2.27. The second kappa shape index (κ2) is 5.68. The molecule has 16 heavy (non-hydrogen) atoms. The molecule has 0 unspecified atom stereocenters. The minimum Gasteiger partial charge on any atom is -0.493 e. The molecule has 0 fully saturated rings. The minimum absolute atomic E-state index is 0.311. The minimum atomic E-state index is -0.683. The van der Waals surface area contributed by atoms with Crippen LogP contribution in [0.3, 0.4) is 0 Å². The number of amides is 1. The number of benzene rings is 1. The summed E-state index contributed by atoms with van der Waals surface area (Å²) in [6, 6.07) is 5.29. The molecule has 0 aliphatic carbocycles. The predicted molar refractivity (Wildman–Crippen MR) is 56.4 cm³/mol. The molecule has 0 bridgehead atoms. The largest absolute Gasteiger partial charge is 0.493 e. The third-order valence-corrected chi connectivity index (χ3v) is 1.84. The molecule has 0 heterocycles. The molecule has 0 aromatic heterocycles. The van der Waals surface area contributed by atoms with Crippen LogP contribution in [0, 0.1) is 6.92 Å². The summed E-state index contributed by atoms with van der Waals surface area (Å²) in [7, 11) is 1.51. The van der Waals surface area contributed by atoms with Gasteiger partial charge in [0.2, 0.25) is 6.08 Å². The van der Waals surface area contributed by atoms with Gasteiger partial charge in [-0.15, -0.1) is 4.99 Å². The van der Waals surface area contributed by atoms with E-state index in [4.69, 9.17) is 9.47 Å². The van der Waals surface area contributed by atoms with Crippen molar-refractivity contribution < 1.29 is 19.1 Å². The second-order valence-corrected chi connectivity index (χ2v) is 3.04. The lowest BCUT2D eigenvalue weighted by atomic mass is 10.2. The molecule has 0 spiro atoms. The van der Waals surface area contributed by atoms with Crippen molar-refractivity contribution >= 4 is 12.0 Å². The van der Waals surface area contributed by atoms with Gasteiger partial charge in [0.05, 0.1) is 7.11 Å². The molecule has 0 saturated carbocycles. The normalized spacial score (nSPS) is 9.12. The molecule has 1 aromatic rings. The Bertz CT molecular complexity index is 436. The van der Waals surface area contributed by atoms with Crippen LogP contribution in [-0.2, 0) is 9.59 Å². The second-order valence-electron chi connectivity index (χ2n) is 3.04. The van der Waals surface area contributed by atoms with Crippen LogP contribution in [0.25, 0.3) is 0 Å². The topological polar surface area (TPSA) is 65.0 Å². The van der Waals surface area contributed by atoms with E-state index < -0.39 is 5.91 Å². The van der Waals surface area contributed by atoms with Crippen LogP contribution in [-0.4, -0.2) is 25.7 Å². The van der Waals surface area contributed by atoms with Gasteiger partial charge in [-0.25, -0.2) is 4.79 Å².